The van der Waals surface area contributed by atoms with Crippen molar-refractivity contribution in [3.05, 3.63) is 18.7 Å². The quantitative estimate of drug-likeness (QED) is 0.207. The fourth-order valence-corrected chi connectivity index (χ4v) is 11.2. The fraction of sp³-hybridized carbons (Fsp3) is 0.875. The van der Waals surface area contributed by atoms with E-state index in [-0.39, 0.29) is 0 Å². The molecule has 0 saturated heterocycles. The van der Waals surface area contributed by atoms with E-state index in [0.717, 1.165) is 19.8 Å². The third-order valence-corrected chi connectivity index (χ3v) is 16.6. The van der Waals surface area contributed by atoms with Crippen LogP contribution < -0.4 is 0 Å². The summed E-state index contributed by atoms with van der Waals surface area (Å²) in [5.74, 6) is 0. The molecular formula is C24H51N3O2Si2. The van der Waals surface area contributed by atoms with E-state index in [1.54, 1.807) is 0 Å². The Morgan fingerprint density at radius 2 is 1.23 bits per heavy atom. The van der Waals surface area contributed by atoms with Gasteiger partial charge in [0.2, 0.25) is 0 Å². The van der Waals surface area contributed by atoms with Gasteiger partial charge in [0.25, 0.3) is 0 Å². The smallest absolute Gasteiger partial charge is 0.192 e. The van der Waals surface area contributed by atoms with E-state index in [0.29, 0.717) is 0 Å². The molecule has 0 bridgehead atoms. The monoisotopic (exact) mass is 469 g/mol. The van der Waals surface area contributed by atoms with E-state index in [1.165, 1.54) is 75.2 Å². The number of imidazole rings is 1. The summed E-state index contributed by atoms with van der Waals surface area (Å²) in [5, 5.41) is 0. The van der Waals surface area contributed by atoms with Gasteiger partial charge in [-0.2, -0.15) is 0 Å². The predicted molar refractivity (Wildman–Crippen MR) is 139 cm³/mol. The third kappa shape index (κ3) is 10.3. The van der Waals surface area contributed by atoms with Crippen LogP contribution in [0.2, 0.25) is 36.3 Å². The molecule has 0 N–H and O–H groups in total. The van der Waals surface area contributed by atoms with Gasteiger partial charge in [-0.3, -0.25) is 0 Å². The van der Waals surface area contributed by atoms with Gasteiger partial charge in [-0.1, -0.05) is 27.7 Å². The molecule has 0 amide bonds. The average molecular weight is 470 g/mol. The number of hydrogen-bond acceptors (Lipinski definition) is 4. The van der Waals surface area contributed by atoms with Crippen molar-refractivity contribution in [3.63, 3.8) is 0 Å². The third-order valence-electron chi connectivity index (χ3n) is 7.14. The Kier molecular flexibility index (Phi) is 14.9. The van der Waals surface area contributed by atoms with Gasteiger partial charge >= 0.3 is 0 Å². The summed E-state index contributed by atoms with van der Waals surface area (Å²) in [6, 6.07) is 7.57. The first-order chi connectivity index (χ1) is 15.0. The standard InChI is InChI=1S/C24H51N3O2Si2/c1-7-28-30(9-3,10-4)22-14-19-26(17-13-18-27-21-16-25-24-27)20-15-23-31(11-5,12-6)29-8-2/h16,21,24H,7-15,17-20,22-23H2,1-6H3. The number of rotatable bonds is 20. The highest BCUT2D eigenvalue weighted by Crippen LogP contribution is 2.25. The Morgan fingerprint density at radius 3 is 1.61 bits per heavy atom. The first-order valence-electron chi connectivity index (χ1n) is 13.0. The van der Waals surface area contributed by atoms with Gasteiger partial charge in [0.1, 0.15) is 0 Å². The average Bonchev–Trinajstić information content (AvgIpc) is 3.31. The molecule has 182 valence electrons. The SMILES string of the molecule is CCO[Si](CC)(CC)CCCN(CCCn1ccnc1)CCC[Si](CC)(CC)OCC. The largest absolute Gasteiger partial charge is 0.417 e. The Hall–Kier alpha value is -0.476. The van der Waals surface area contributed by atoms with E-state index in [4.69, 9.17) is 8.85 Å². The second-order valence-corrected chi connectivity index (χ2v) is 18.0. The van der Waals surface area contributed by atoms with Crippen LogP contribution in [-0.2, 0) is 15.4 Å². The lowest BCUT2D eigenvalue weighted by Gasteiger charge is -2.32. The first kappa shape index (κ1) is 28.6. The molecule has 1 heterocycles. The summed E-state index contributed by atoms with van der Waals surface area (Å²) in [5.41, 5.74) is 0. The molecular weight excluding hydrogens is 418 g/mol. The molecule has 7 heteroatoms. The highest BCUT2D eigenvalue weighted by molar-refractivity contribution is 6.74. The summed E-state index contributed by atoms with van der Waals surface area (Å²) in [7, 11) is -3.04. The molecule has 0 radical (unpaired) electrons. The molecule has 0 spiro atoms. The van der Waals surface area contributed by atoms with Crippen molar-refractivity contribution < 1.29 is 8.85 Å². The zero-order valence-electron chi connectivity index (χ0n) is 21.5. The number of aromatic nitrogens is 2. The normalized spacial score (nSPS) is 12.7. The van der Waals surface area contributed by atoms with E-state index in [2.05, 4.69) is 62.2 Å². The second-order valence-electron chi connectivity index (χ2n) is 8.85. The molecule has 0 aliphatic carbocycles. The van der Waals surface area contributed by atoms with Crippen molar-refractivity contribution in [2.75, 3.05) is 32.8 Å². The van der Waals surface area contributed by atoms with Crippen LogP contribution in [0, 0.1) is 0 Å². The van der Waals surface area contributed by atoms with Gasteiger partial charge in [0, 0.05) is 32.2 Å². The summed E-state index contributed by atoms with van der Waals surface area (Å²) < 4.78 is 14.8. The molecule has 0 fully saturated rings. The predicted octanol–water partition coefficient (Wildman–Crippen LogP) is 6.40. The topological polar surface area (TPSA) is 39.5 Å². The van der Waals surface area contributed by atoms with Crippen LogP contribution in [0.5, 0.6) is 0 Å². The Labute approximate surface area is 195 Å². The lowest BCUT2D eigenvalue weighted by molar-refractivity contribution is 0.257. The van der Waals surface area contributed by atoms with Crippen LogP contribution >= 0.6 is 0 Å². The summed E-state index contributed by atoms with van der Waals surface area (Å²) in [4.78, 5) is 6.89. The minimum Gasteiger partial charge on any atom is -0.417 e. The maximum atomic E-state index is 6.32. The van der Waals surface area contributed by atoms with Crippen molar-refractivity contribution in [1.82, 2.24) is 14.5 Å². The molecule has 0 aliphatic heterocycles. The van der Waals surface area contributed by atoms with Crippen molar-refractivity contribution >= 4 is 16.6 Å². The van der Waals surface area contributed by atoms with E-state index >= 15 is 0 Å². The van der Waals surface area contributed by atoms with Gasteiger partial charge in [-0.15, -0.1) is 0 Å². The lowest BCUT2D eigenvalue weighted by atomic mass is 10.3. The Morgan fingerprint density at radius 1 is 0.742 bits per heavy atom. The molecule has 1 aromatic heterocycles. The molecule has 1 aromatic rings. The highest BCUT2D eigenvalue weighted by Gasteiger charge is 2.31. The van der Waals surface area contributed by atoms with Crippen LogP contribution in [0.1, 0.15) is 60.8 Å². The minimum absolute atomic E-state index is 0.876. The molecule has 0 saturated carbocycles. The van der Waals surface area contributed by atoms with Crippen molar-refractivity contribution in [2.24, 2.45) is 0 Å². The van der Waals surface area contributed by atoms with Gasteiger partial charge in [-0.25, -0.2) is 4.98 Å². The Bertz CT molecular complexity index is 507. The summed E-state index contributed by atoms with van der Waals surface area (Å²) in [6.07, 6.45) is 9.60. The molecule has 5 nitrogen and oxygen atoms in total. The molecule has 0 atom stereocenters. The first-order valence-corrected chi connectivity index (χ1v) is 18.0. The summed E-state index contributed by atoms with van der Waals surface area (Å²) in [6.45, 7) is 20.0. The van der Waals surface area contributed by atoms with Gasteiger partial charge in [0.05, 0.1) is 6.33 Å². The van der Waals surface area contributed by atoms with E-state index in [9.17, 15) is 0 Å². The Balaban J connectivity index is 2.60. The molecule has 0 aromatic carbocycles. The molecule has 0 aliphatic rings. The zero-order valence-corrected chi connectivity index (χ0v) is 23.5. The van der Waals surface area contributed by atoms with Crippen LogP contribution in [-0.4, -0.2) is 63.9 Å². The maximum Gasteiger partial charge on any atom is 0.192 e. The lowest BCUT2D eigenvalue weighted by Crippen LogP contribution is -2.39. The molecule has 31 heavy (non-hydrogen) atoms. The number of hydrogen-bond donors (Lipinski definition) is 0. The fourth-order valence-electron chi connectivity index (χ4n) is 4.85. The van der Waals surface area contributed by atoms with E-state index < -0.39 is 16.6 Å². The van der Waals surface area contributed by atoms with E-state index in [1.807, 2.05) is 12.5 Å². The van der Waals surface area contributed by atoms with Crippen molar-refractivity contribution in [3.8, 4) is 0 Å². The van der Waals surface area contributed by atoms with Crippen LogP contribution in [0.4, 0.5) is 0 Å². The maximum absolute atomic E-state index is 6.32. The van der Waals surface area contributed by atoms with Crippen LogP contribution in [0.3, 0.4) is 0 Å². The zero-order chi connectivity index (χ0) is 23.0. The van der Waals surface area contributed by atoms with Gasteiger partial charge < -0.3 is 18.3 Å². The number of aryl methyl sites for hydroxylation is 1. The van der Waals surface area contributed by atoms with Gasteiger partial charge in [0.15, 0.2) is 16.6 Å². The van der Waals surface area contributed by atoms with Crippen LogP contribution in [0.15, 0.2) is 18.7 Å². The molecule has 0 unspecified atom stereocenters. The van der Waals surface area contributed by atoms with Gasteiger partial charge in [-0.05, 0) is 89.0 Å². The van der Waals surface area contributed by atoms with Crippen LogP contribution in [0.25, 0.3) is 0 Å². The summed E-state index contributed by atoms with van der Waals surface area (Å²) >= 11 is 0. The second kappa shape index (κ2) is 16.2. The molecule has 1 rings (SSSR count). The highest BCUT2D eigenvalue weighted by atomic mass is 28.4. The number of nitrogens with zero attached hydrogens (tertiary/aromatic N) is 3. The van der Waals surface area contributed by atoms with Crippen molar-refractivity contribution in [1.29, 1.82) is 0 Å². The van der Waals surface area contributed by atoms with Crippen molar-refractivity contribution in [2.45, 2.75) is 104 Å². The minimum atomic E-state index is -1.52.